The minimum absolute atomic E-state index is 0.0341. The first kappa shape index (κ1) is 26.5. The molecule has 10 nitrogen and oxygen atoms in total. The Balaban J connectivity index is 1.42. The maximum atomic E-state index is 13.5. The number of barbiturate groups is 2. The molecule has 202 valence electrons. The molecule has 2 atom stereocenters. The van der Waals surface area contributed by atoms with Crippen LogP contribution in [0.5, 0.6) is 0 Å². The summed E-state index contributed by atoms with van der Waals surface area (Å²) in [6.07, 6.45) is -0.0682. The number of benzene rings is 3. The van der Waals surface area contributed by atoms with Crippen molar-refractivity contribution in [2.45, 2.75) is 26.7 Å². The monoisotopic (exact) mass is 538 g/mol. The van der Waals surface area contributed by atoms with E-state index in [1.807, 2.05) is 0 Å². The summed E-state index contributed by atoms with van der Waals surface area (Å²) in [4.78, 5) is 79.9. The first-order valence-electron chi connectivity index (χ1n) is 12.6. The van der Waals surface area contributed by atoms with Crippen molar-refractivity contribution in [1.29, 1.82) is 0 Å². The van der Waals surface area contributed by atoms with E-state index in [2.05, 4.69) is 10.6 Å². The van der Waals surface area contributed by atoms with Crippen LogP contribution in [0.2, 0.25) is 0 Å². The van der Waals surface area contributed by atoms with E-state index in [1.165, 1.54) is 13.8 Å². The van der Waals surface area contributed by atoms with Crippen molar-refractivity contribution in [3.8, 4) is 0 Å². The molecule has 2 N–H and O–H groups in total. The molecule has 40 heavy (non-hydrogen) atoms. The second kappa shape index (κ2) is 9.88. The van der Waals surface area contributed by atoms with Crippen molar-refractivity contribution < 1.29 is 28.8 Å². The Morgan fingerprint density at radius 3 is 1.30 bits per heavy atom. The number of amides is 8. The Morgan fingerprint density at radius 2 is 0.925 bits per heavy atom. The Hall–Kier alpha value is -5.12. The molecule has 2 unspecified atom stereocenters. The van der Waals surface area contributed by atoms with Gasteiger partial charge in [-0.15, -0.1) is 0 Å². The van der Waals surface area contributed by atoms with Crippen molar-refractivity contribution in [1.82, 2.24) is 10.6 Å². The van der Waals surface area contributed by atoms with Crippen molar-refractivity contribution >= 4 is 47.1 Å². The van der Waals surface area contributed by atoms with Crippen molar-refractivity contribution in [3.05, 3.63) is 96.1 Å². The van der Waals surface area contributed by atoms with Gasteiger partial charge in [0.05, 0.1) is 11.4 Å². The van der Waals surface area contributed by atoms with Crippen LogP contribution in [0.3, 0.4) is 0 Å². The highest BCUT2D eigenvalue weighted by Crippen LogP contribution is 2.35. The molecular formula is C30H26N4O6. The summed E-state index contributed by atoms with van der Waals surface area (Å²) in [6.45, 7) is 2.95. The average molecular weight is 539 g/mol. The van der Waals surface area contributed by atoms with Gasteiger partial charge in [0.1, 0.15) is 10.8 Å². The number of carbonyl (C=O) groups is 6. The number of imide groups is 4. The lowest BCUT2D eigenvalue weighted by Gasteiger charge is -2.37. The van der Waals surface area contributed by atoms with Gasteiger partial charge in [0.15, 0.2) is 0 Å². The zero-order valence-electron chi connectivity index (χ0n) is 21.8. The molecule has 5 rings (SSSR count). The summed E-state index contributed by atoms with van der Waals surface area (Å²) < 4.78 is 0. The fourth-order valence-corrected chi connectivity index (χ4v) is 5.06. The highest BCUT2D eigenvalue weighted by Gasteiger charge is 2.52. The Labute approximate surface area is 230 Å². The van der Waals surface area contributed by atoms with E-state index in [9.17, 15) is 28.8 Å². The Morgan fingerprint density at radius 1 is 0.550 bits per heavy atom. The molecule has 3 aromatic rings. The number of hydrogen-bond acceptors (Lipinski definition) is 6. The molecule has 3 aromatic carbocycles. The summed E-state index contributed by atoms with van der Waals surface area (Å²) in [6, 6.07) is 21.9. The van der Waals surface area contributed by atoms with E-state index in [1.54, 1.807) is 84.9 Å². The highest BCUT2D eigenvalue weighted by atomic mass is 16.2. The lowest BCUT2D eigenvalue weighted by Crippen LogP contribution is -2.64. The third-order valence-electron chi connectivity index (χ3n) is 7.34. The third kappa shape index (κ3) is 4.43. The molecule has 0 bridgehead atoms. The van der Waals surface area contributed by atoms with Crippen LogP contribution in [0, 0.1) is 10.8 Å². The maximum Gasteiger partial charge on any atom is 0.335 e. The van der Waals surface area contributed by atoms with E-state index in [0.29, 0.717) is 22.5 Å². The molecule has 0 spiro atoms. The molecule has 2 heterocycles. The normalized spacial score (nSPS) is 23.2. The van der Waals surface area contributed by atoms with Crippen LogP contribution in [-0.2, 0) is 32.0 Å². The zero-order chi connectivity index (χ0) is 28.7. The van der Waals surface area contributed by atoms with Crippen LogP contribution in [0.4, 0.5) is 21.0 Å². The number of carbonyl (C=O) groups excluding carboxylic acids is 6. The molecule has 0 radical (unpaired) electrons. The molecule has 0 aromatic heterocycles. The van der Waals surface area contributed by atoms with Gasteiger partial charge in [0.25, 0.3) is 11.8 Å². The van der Waals surface area contributed by atoms with Crippen LogP contribution < -0.4 is 20.4 Å². The summed E-state index contributed by atoms with van der Waals surface area (Å²) in [5, 5.41) is 4.57. The van der Waals surface area contributed by atoms with Crippen molar-refractivity contribution in [2.24, 2.45) is 10.8 Å². The smallest absolute Gasteiger partial charge is 0.276 e. The van der Waals surface area contributed by atoms with E-state index >= 15 is 0 Å². The number of hydrogen-bond donors (Lipinski definition) is 2. The Kier molecular flexibility index (Phi) is 6.54. The quantitative estimate of drug-likeness (QED) is 0.463. The number of para-hydroxylation sites is 2. The molecule has 2 aliphatic rings. The minimum atomic E-state index is -1.60. The molecule has 8 amide bonds. The van der Waals surface area contributed by atoms with Crippen LogP contribution in [0.15, 0.2) is 84.9 Å². The molecular weight excluding hydrogens is 512 g/mol. The van der Waals surface area contributed by atoms with Crippen LogP contribution in [0.25, 0.3) is 0 Å². The second-order valence-electron chi connectivity index (χ2n) is 10.3. The number of nitrogens with zero attached hydrogens (tertiary/aromatic N) is 2. The molecule has 2 fully saturated rings. The third-order valence-corrected chi connectivity index (χ3v) is 7.34. The average Bonchev–Trinajstić information content (AvgIpc) is 2.93. The van der Waals surface area contributed by atoms with Gasteiger partial charge in [0.2, 0.25) is 11.8 Å². The van der Waals surface area contributed by atoms with E-state index < -0.39 is 46.5 Å². The second-order valence-corrected chi connectivity index (χ2v) is 10.3. The van der Waals surface area contributed by atoms with Crippen LogP contribution in [-0.4, -0.2) is 35.7 Å². The summed E-state index contributed by atoms with van der Waals surface area (Å²) in [7, 11) is 0. The van der Waals surface area contributed by atoms with Gasteiger partial charge in [-0.2, -0.15) is 0 Å². The largest absolute Gasteiger partial charge is 0.335 e. The van der Waals surface area contributed by atoms with Gasteiger partial charge in [-0.25, -0.2) is 19.4 Å². The van der Waals surface area contributed by atoms with Crippen molar-refractivity contribution in [3.63, 3.8) is 0 Å². The predicted octanol–water partition coefficient (Wildman–Crippen LogP) is 3.35. The maximum absolute atomic E-state index is 13.5. The van der Waals surface area contributed by atoms with Gasteiger partial charge in [-0.3, -0.25) is 29.8 Å². The summed E-state index contributed by atoms with van der Waals surface area (Å²) >= 11 is 0. The molecule has 0 saturated carbocycles. The standard InChI is InChI=1S/C30H26N4O6/c1-29(23(35)31-27(39)33(25(29)37)21-12-5-3-6-13-21)17-19-10-9-11-20(16-19)18-30(2)24(36)32-28(40)34(26(30)38)22-14-7-4-8-15-22/h3-16H,17-18H2,1-2H3,(H,31,35,39)(H,32,36,40). The lowest BCUT2D eigenvalue weighted by molar-refractivity contribution is -0.142. The molecule has 2 aliphatic heterocycles. The first-order chi connectivity index (χ1) is 19.0. The number of nitrogens with one attached hydrogen (secondary N) is 2. The highest BCUT2D eigenvalue weighted by molar-refractivity contribution is 6.30. The number of urea groups is 2. The summed E-state index contributed by atoms with van der Waals surface area (Å²) in [5.41, 5.74) is -1.33. The molecule has 2 saturated heterocycles. The lowest BCUT2D eigenvalue weighted by atomic mass is 9.77. The minimum Gasteiger partial charge on any atom is -0.276 e. The SMILES string of the molecule is CC1(Cc2cccc(CC3(C)C(=O)NC(=O)N(c4ccccc4)C3=O)c2)C(=O)NC(=O)N(c2ccccc2)C1=O. The number of anilines is 2. The van der Waals surface area contributed by atoms with E-state index in [0.717, 1.165) is 9.80 Å². The molecule has 0 aliphatic carbocycles. The van der Waals surface area contributed by atoms with Gasteiger partial charge in [-0.1, -0.05) is 60.7 Å². The van der Waals surface area contributed by atoms with Gasteiger partial charge in [-0.05, 0) is 62.1 Å². The van der Waals surface area contributed by atoms with E-state index in [-0.39, 0.29) is 12.8 Å². The topological polar surface area (TPSA) is 133 Å². The summed E-state index contributed by atoms with van der Waals surface area (Å²) in [5.74, 6) is -2.76. The van der Waals surface area contributed by atoms with Gasteiger partial charge in [0, 0.05) is 0 Å². The van der Waals surface area contributed by atoms with Crippen LogP contribution >= 0.6 is 0 Å². The van der Waals surface area contributed by atoms with Gasteiger partial charge < -0.3 is 0 Å². The molecule has 10 heteroatoms. The number of rotatable bonds is 6. The van der Waals surface area contributed by atoms with Gasteiger partial charge >= 0.3 is 12.1 Å². The fraction of sp³-hybridized carbons (Fsp3) is 0.200. The first-order valence-corrected chi connectivity index (χ1v) is 12.6. The van der Waals surface area contributed by atoms with E-state index in [4.69, 9.17) is 0 Å². The zero-order valence-corrected chi connectivity index (χ0v) is 21.8. The predicted molar refractivity (Wildman–Crippen MR) is 145 cm³/mol. The fourth-order valence-electron chi connectivity index (χ4n) is 5.06. The Bertz CT molecular complexity index is 1440. The van der Waals surface area contributed by atoms with Crippen molar-refractivity contribution in [2.75, 3.05) is 9.80 Å². The van der Waals surface area contributed by atoms with Crippen LogP contribution in [0.1, 0.15) is 25.0 Å².